The van der Waals surface area contributed by atoms with Crippen molar-refractivity contribution in [2.75, 3.05) is 104 Å². The Hall–Kier alpha value is -5.14. The number of hydrogen-bond donors (Lipinski definition) is 10. The lowest BCUT2D eigenvalue weighted by molar-refractivity contribution is -0.118. The highest BCUT2D eigenvalue weighted by molar-refractivity contribution is 6.09. The van der Waals surface area contributed by atoms with Crippen LogP contribution in [0.1, 0.15) is 95.6 Å². The molecular weight excluding hydrogens is 905 g/mol. The number of rotatable bonds is 24. The minimum absolute atomic E-state index is 0.0125. The summed E-state index contributed by atoms with van der Waals surface area (Å²) in [5.41, 5.74) is 0.813. The Bertz CT molecular complexity index is 2130. The fourth-order valence-corrected chi connectivity index (χ4v) is 8.63. The molecule has 0 saturated heterocycles. The van der Waals surface area contributed by atoms with Gasteiger partial charge in [0.2, 0.25) is 11.8 Å². The van der Waals surface area contributed by atoms with Gasteiger partial charge in [-0.2, -0.15) is 0 Å². The smallest absolute Gasteiger partial charge is 0.254 e. The minimum atomic E-state index is -1.88. The van der Waals surface area contributed by atoms with Crippen LogP contribution in [0.15, 0.2) is 0 Å². The Morgan fingerprint density at radius 3 is 0.913 bits per heavy atom. The average Bonchev–Trinajstić information content (AvgIpc) is 3.29. The first-order valence-corrected chi connectivity index (χ1v) is 22.5. The molecule has 0 aliphatic heterocycles. The zero-order valence-corrected chi connectivity index (χ0v) is 41.8. The molecule has 0 heterocycles. The van der Waals surface area contributed by atoms with Crippen LogP contribution in [0.5, 0.6) is 0 Å². The second-order valence-electron chi connectivity index (χ2n) is 17.6. The maximum atomic E-state index is 14.3. The van der Waals surface area contributed by atoms with Crippen LogP contribution in [0, 0.1) is 34.6 Å². The first-order chi connectivity index (χ1) is 32.1. The molecule has 6 atom stereocenters. The van der Waals surface area contributed by atoms with Gasteiger partial charge in [-0.25, -0.2) is 0 Å². The average molecular weight is 979 g/mol. The summed E-state index contributed by atoms with van der Waals surface area (Å²) in [7, 11) is 5.43. The van der Waals surface area contributed by atoms with Gasteiger partial charge in [0.15, 0.2) is 0 Å². The fraction of sp³-hybridized carbons (Fsp3) is 0.617. The van der Waals surface area contributed by atoms with Crippen LogP contribution in [0.4, 0.5) is 11.4 Å². The van der Waals surface area contributed by atoms with Crippen molar-refractivity contribution in [3.05, 3.63) is 55.6 Å². The molecular formula is C47H74N6O16. The minimum Gasteiger partial charge on any atom is -0.394 e. The van der Waals surface area contributed by atoms with Gasteiger partial charge in [-0.1, -0.05) is 6.92 Å². The zero-order valence-electron chi connectivity index (χ0n) is 41.8. The Labute approximate surface area is 403 Å². The maximum Gasteiger partial charge on any atom is 0.254 e. The molecule has 6 unspecified atom stereocenters. The van der Waals surface area contributed by atoms with E-state index < -0.39 is 112 Å². The predicted octanol–water partition coefficient (Wildman–Crippen LogP) is -2.38. The van der Waals surface area contributed by atoms with Crippen LogP contribution in [-0.4, -0.2) is 237 Å². The molecule has 2 aromatic carbocycles. The second kappa shape index (κ2) is 26.2. The van der Waals surface area contributed by atoms with Crippen molar-refractivity contribution in [3.63, 3.8) is 0 Å². The van der Waals surface area contributed by atoms with Crippen molar-refractivity contribution in [2.24, 2.45) is 0 Å². The molecule has 0 aliphatic rings. The molecule has 2 rings (SSSR count). The molecule has 388 valence electrons. The molecule has 22 nitrogen and oxygen atoms in total. The number of carbonyl (C=O) groups excluding carboxylic acids is 6. The number of hydrogen-bond acceptors (Lipinski definition) is 16. The highest BCUT2D eigenvalue weighted by Crippen LogP contribution is 2.38. The first kappa shape index (κ1) is 60.0. The lowest BCUT2D eigenvalue weighted by Crippen LogP contribution is -2.48. The van der Waals surface area contributed by atoms with Gasteiger partial charge >= 0.3 is 0 Å². The summed E-state index contributed by atoms with van der Waals surface area (Å²) in [6.07, 6.45) is -9.00. The normalized spacial score (nSPS) is 14.0. The molecule has 0 saturated carbocycles. The van der Waals surface area contributed by atoms with Crippen molar-refractivity contribution in [3.8, 4) is 0 Å². The van der Waals surface area contributed by atoms with Crippen LogP contribution < -0.4 is 9.80 Å². The van der Waals surface area contributed by atoms with Crippen LogP contribution in [-0.2, 0) is 16.0 Å². The molecule has 0 aromatic heterocycles. The summed E-state index contributed by atoms with van der Waals surface area (Å²) >= 11 is 0. The molecule has 0 radical (unpaired) electrons. The number of likely N-dealkylation sites (N-methyl/N-ethyl adjacent to an activating group) is 4. The van der Waals surface area contributed by atoms with Gasteiger partial charge < -0.3 is 80.5 Å². The van der Waals surface area contributed by atoms with Gasteiger partial charge in [-0.05, 0) is 74.4 Å². The third-order valence-corrected chi connectivity index (χ3v) is 12.1. The van der Waals surface area contributed by atoms with E-state index in [0.717, 1.165) is 43.2 Å². The largest absolute Gasteiger partial charge is 0.394 e. The molecule has 2 aromatic rings. The standard InChI is InChI=1S/C47H74N6O16/c1-13-35-41(47(69)51(12)17-34(63)23-57)25(3)40(46(68)50(11)16-33(62)22-56)28(6)43(35)53(30(8)59)19-37(65)36(64)18-52(29(7)58)42-26(4)38(44(66)48(9)14-31(60)20-54)24(2)39(27(42)5)45(67)49(10)15-32(61)21-55/h31-34,36-37,54-57,60-65H,13-23H2,1-12H3. The van der Waals surface area contributed by atoms with Crippen LogP contribution in [0.25, 0.3) is 0 Å². The van der Waals surface area contributed by atoms with E-state index in [9.17, 15) is 79.8 Å². The molecule has 0 spiro atoms. The number of anilines is 2. The van der Waals surface area contributed by atoms with Gasteiger partial charge in [0.1, 0.15) is 0 Å². The molecule has 0 fully saturated rings. The molecule has 10 N–H and O–H groups in total. The third-order valence-electron chi connectivity index (χ3n) is 12.1. The number of aliphatic hydroxyl groups excluding tert-OH is 10. The SMILES string of the molecule is CCc1c(C(=O)N(C)CC(O)CO)c(C)c(C(=O)N(C)CC(O)CO)c(C)c1N(CC(O)C(O)CN(C(C)=O)c1c(C)c(C(=O)N(C)CC(O)CO)c(C)c(C(=O)N(C)CC(O)CO)c1C)C(C)=O. The predicted molar refractivity (Wildman–Crippen MR) is 254 cm³/mol. The third kappa shape index (κ3) is 14.0. The lowest BCUT2D eigenvalue weighted by Gasteiger charge is -2.35. The Morgan fingerprint density at radius 1 is 0.406 bits per heavy atom. The maximum absolute atomic E-state index is 14.3. The number of nitrogens with zero attached hydrogens (tertiary/aromatic N) is 6. The van der Waals surface area contributed by atoms with Crippen molar-refractivity contribution in [1.29, 1.82) is 0 Å². The van der Waals surface area contributed by atoms with Crippen LogP contribution in [0.2, 0.25) is 0 Å². The van der Waals surface area contributed by atoms with Gasteiger partial charge in [0.05, 0.1) is 87.5 Å². The first-order valence-electron chi connectivity index (χ1n) is 22.5. The van der Waals surface area contributed by atoms with E-state index >= 15 is 0 Å². The second-order valence-corrected chi connectivity index (χ2v) is 17.6. The van der Waals surface area contributed by atoms with E-state index in [4.69, 9.17) is 0 Å². The number of amides is 6. The molecule has 22 heteroatoms. The fourth-order valence-electron chi connectivity index (χ4n) is 8.63. The zero-order chi connectivity index (χ0) is 53.1. The molecule has 0 bridgehead atoms. The summed E-state index contributed by atoms with van der Waals surface area (Å²) in [6, 6.07) is 0. The highest BCUT2D eigenvalue weighted by atomic mass is 16.3. The van der Waals surface area contributed by atoms with Crippen LogP contribution in [0.3, 0.4) is 0 Å². The van der Waals surface area contributed by atoms with E-state index in [1.54, 1.807) is 6.92 Å². The number of benzene rings is 2. The van der Waals surface area contributed by atoms with E-state index in [1.807, 2.05) is 0 Å². The molecule has 69 heavy (non-hydrogen) atoms. The topological polar surface area (TPSA) is 324 Å². The summed E-state index contributed by atoms with van der Waals surface area (Å²) in [5.74, 6) is -4.26. The van der Waals surface area contributed by atoms with Gasteiger partial charge in [-0.15, -0.1) is 0 Å². The number of aliphatic hydroxyl groups is 10. The molecule has 0 aliphatic carbocycles. The quantitative estimate of drug-likeness (QED) is 0.0525. The van der Waals surface area contributed by atoms with Crippen molar-refractivity contribution in [1.82, 2.24) is 19.6 Å². The van der Waals surface area contributed by atoms with E-state index in [0.29, 0.717) is 0 Å². The Kier molecular flexibility index (Phi) is 22.8. The van der Waals surface area contributed by atoms with Gasteiger partial charge in [0.25, 0.3) is 23.6 Å². The van der Waals surface area contributed by atoms with Crippen molar-refractivity contribution >= 4 is 46.8 Å². The molecule has 6 amide bonds. The van der Waals surface area contributed by atoms with Crippen molar-refractivity contribution in [2.45, 2.75) is 98.4 Å². The van der Waals surface area contributed by atoms with E-state index in [2.05, 4.69) is 0 Å². The highest BCUT2D eigenvalue weighted by Gasteiger charge is 2.37. The van der Waals surface area contributed by atoms with Crippen LogP contribution >= 0.6 is 0 Å². The number of carbonyl (C=O) groups is 6. The van der Waals surface area contributed by atoms with Crippen molar-refractivity contribution < 1.29 is 79.8 Å². The van der Waals surface area contributed by atoms with Gasteiger partial charge in [0, 0.05) is 90.5 Å². The summed E-state index contributed by atoms with van der Waals surface area (Å²) in [4.78, 5) is 90.9. The van der Waals surface area contributed by atoms with E-state index in [1.165, 1.54) is 62.8 Å². The van der Waals surface area contributed by atoms with E-state index in [-0.39, 0.29) is 99.6 Å². The summed E-state index contributed by atoms with van der Waals surface area (Å²) in [5, 5.41) is 102. The lowest BCUT2D eigenvalue weighted by atomic mass is 9.87. The summed E-state index contributed by atoms with van der Waals surface area (Å²) in [6.45, 7) is 6.15. The van der Waals surface area contributed by atoms with Gasteiger partial charge in [-0.3, -0.25) is 28.8 Å². The Morgan fingerprint density at radius 2 is 0.652 bits per heavy atom. The summed E-state index contributed by atoms with van der Waals surface area (Å²) < 4.78 is 0. The monoisotopic (exact) mass is 979 g/mol. The Balaban J connectivity index is 2.95.